The lowest BCUT2D eigenvalue weighted by Crippen LogP contribution is -2.59. The first kappa shape index (κ1) is 22.5. The normalized spacial score (nSPS) is 27.8. The third-order valence-electron chi connectivity index (χ3n) is 6.03. The molecular formula is C20H29ClF2N6O2. The second-order valence-electron chi connectivity index (χ2n) is 8.14. The summed E-state index contributed by atoms with van der Waals surface area (Å²) in [5, 5.41) is 8.05. The summed E-state index contributed by atoms with van der Waals surface area (Å²) < 4.78 is 35.4. The number of rotatable bonds is 6. The molecule has 3 aliphatic heterocycles. The van der Waals surface area contributed by atoms with Crippen LogP contribution in [0.3, 0.4) is 0 Å². The Morgan fingerprint density at radius 2 is 2.00 bits per heavy atom. The van der Waals surface area contributed by atoms with Crippen molar-refractivity contribution in [3.63, 3.8) is 0 Å². The molecule has 11 heteroatoms. The molecule has 0 aromatic heterocycles. The number of nitrogens with two attached hydrogens (primary N) is 1. The monoisotopic (exact) mass is 458 g/mol. The number of guanidine groups is 1. The Morgan fingerprint density at radius 3 is 2.65 bits per heavy atom. The van der Waals surface area contributed by atoms with Gasteiger partial charge in [0.05, 0.1) is 19.3 Å². The molecule has 3 atom stereocenters. The Hall–Kier alpha value is -1.72. The molecular weight excluding hydrogens is 430 g/mol. The first-order valence-electron chi connectivity index (χ1n) is 10.6. The topological polar surface area (TPSA) is 87.4 Å². The molecule has 0 bridgehead atoms. The molecule has 2 saturated heterocycles. The number of halogens is 3. The van der Waals surface area contributed by atoms with E-state index in [9.17, 15) is 8.78 Å². The van der Waals surface area contributed by atoms with E-state index in [0.29, 0.717) is 24.2 Å². The van der Waals surface area contributed by atoms with Crippen LogP contribution in [0.15, 0.2) is 29.4 Å². The van der Waals surface area contributed by atoms with E-state index in [1.54, 1.807) is 0 Å². The third kappa shape index (κ3) is 5.95. The van der Waals surface area contributed by atoms with Gasteiger partial charge in [-0.25, -0.2) is 0 Å². The second-order valence-corrected chi connectivity index (χ2v) is 8.57. The number of ether oxygens (including phenoxy) is 2. The molecule has 0 radical (unpaired) electrons. The number of likely N-dealkylation sites (tertiary alicyclic amines) is 1. The minimum Gasteiger partial charge on any atom is -0.373 e. The summed E-state index contributed by atoms with van der Waals surface area (Å²) in [5.74, 6) is 0.772. The van der Waals surface area contributed by atoms with Gasteiger partial charge in [-0.3, -0.25) is 16.1 Å². The summed E-state index contributed by atoms with van der Waals surface area (Å²) in [5.41, 5.74) is 9.77. The highest BCUT2D eigenvalue weighted by molar-refractivity contribution is 6.30. The molecule has 31 heavy (non-hydrogen) atoms. The maximum absolute atomic E-state index is 12.5. The van der Waals surface area contributed by atoms with Gasteiger partial charge in [-0.2, -0.15) is 8.78 Å². The van der Waals surface area contributed by atoms with Crippen LogP contribution < -0.4 is 16.5 Å². The molecule has 3 aliphatic rings. The van der Waals surface area contributed by atoms with Crippen LogP contribution in [0.25, 0.3) is 0 Å². The molecule has 0 aliphatic carbocycles. The standard InChI is InChI=1S/C20H29ClF2N6O2/c21-14-3-1-13(2-4-14)9-16-11-30-17(12-31-18(22)23)10-29(16)15-5-7-28(8-6-15)20-25-19(24)26-27-20/h1-4,15-19,26H,5-12,24H2,(H,25,27). The van der Waals surface area contributed by atoms with E-state index in [1.807, 2.05) is 24.3 Å². The van der Waals surface area contributed by atoms with E-state index in [4.69, 9.17) is 22.1 Å². The van der Waals surface area contributed by atoms with Crippen LogP contribution in [0.2, 0.25) is 5.02 Å². The number of morpholine rings is 1. The van der Waals surface area contributed by atoms with Crippen LogP contribution in [0.1, 0.15) is 18.4 Å². The number of hydrazone groups is 1. The Labute approximate surface area is 185 Å². The van der Waals surface area contributed by atoms with E-state index in [-0.39, 0.29) is 25.0 Å². The SMILES string of the molecule is NC1NN=C(N2CCC(N3CC(COC(F)F)OCC3Cc3ccc(Cl)cc3)CC2)N1. The summed E-state index contributed by atoms with van der Waals surface area (Å²) in [7, 11) is 0. The first-order valence-corrected chi connectivity index (χ1v) is 11.0. The zero-order valence-corrected chi connectivity index (χ0v) is 18.0. The number of piperidine rings is 1. The smallest absolute Gasteiger partial charge is 0.345 e. The Bertz CT molecular complexity index is 748. The van der Waals surface area contributed by atoms with Gasteiger partial charge in [-0.1, -0.05) is 23.7 Å². The zero-order chi connectivity index (χ0) is 21.8. The van der Waals surface area contributed by atoms with Crippen LogP contribution in [0, 0.1) is 0 Å². The van der Waals surface area contributed by atoms with Gasteiger partial charge in [0.2, 0.25) is 5.96 Å². The predicted octanol–water partition coefficient (Wildman–Crippen LogP) is 1.36. The van der Waals surface area contributed by atoms with Crippen molar-refractivity contribution in [3.8, 4) is 0 Å². The largest absolute Gasteiger partial charge is 0.373 e. The highest BCUT2D eigenvalue weighted by Crippen LogP contribution is 2.26. The number of nitrogens with one attached hydrogen (secondary N) is 2. The fraction of sp³-hybridized carbons (Fsp3) is 0.650. The van der Waals surface area contributed by atoms with Crippen molar-refractivity contribution in [3.05, 3.63) is 34.9 Å². The van der Waals surface area contributed by atoms with Crippen molar-refractivity contribution >= 4 is 17.6 Å². The van der Waals surface area contributed by atoms with E-state index in [0.717, 1.165) is 38.3 Å². The van der Waals surface area contributed by atoms with Crippen molar-refractivity contribution in [2.24, 2.45) is 10.8 Å². The van der Waals surface area contributed by atoms with Crippen molar-refractivity contribution < 1.29 is 18.3 Å². The van der Waals surface area contributed by atoms with Crippen molar-refractivity contribution in [1.29, 1.82) is 0 Å². The lowest BCUT2D eigenvalue weighted by Gasteiger charge is -2.47. The molecule has 1 aromatic rings. The molecule has 3 unspecified atom stereocenters. The predicted molar refractivity (Wildman–Crippen MR) is 114 cm³/mol. The Morgan fingerprint density at radius 1 is 1.26 bits per heavy atom. The molecule has 4 N–H and O–H groups in total. The van der Waals surface area contributed by atoms with E-state index in [1.165, 1.54) is 5.56 Å². The number of nitrogens with zero attached hydrogens (tertiary/aromatic N) is 3. The minimum atomic E-state index is -2.79. The fourth-order valence-corrected chi connectivity index (χ4v) is 4.61. The van der Waals surface area contributed by atoms with Gasteiger partial charge < -0.3 is 19.7 Å². The minimum absolute atomic E-state index is 0.106. The highest BCUT2D eigenvalue weighted by atomic mass is 35.5. The highest BCUT2D eigenvalue weighted by Gasteiger charge is 2.36. The van der Waals surface area contributed by atoms with E-state index < -0.39 is 6.61 Å². The summed E-state index contributed by atoms with van der Waals surface area (Å²) in [6.07, 6.45) is 1.97. The summed E-state index contributed by atoms with van der Waals surface area (Å²) in [4.78, 5) is 4.60. The summed E-state index contributed by atoms with van der Waals surface area (Å²) >= 11 is 6.02. The van der Waals surface area contributed by atoms with Crippen LogP contribution in [-0.2, 0) is 15.9 Å². The van der Waals surface area contributed by atoms with Gasteiger partial charge in [0.1, 0.15) is 0 Å². The van der Waals surface area contributed by atoms with Crippen molar-refractivity contribution in [1.82, 2.24) is 20.5 Å². The van der Waals surface area contributed by atoms with Crippen molar-refractivity contribution in [2.45, 2.75) is 50.4 Å². The number of benzene rings is 1. The quantitative estimate of drug-likeness (QED) is 0.593. The fourth-order valence-electron chi connectivity index (χ4n) is 4.48. The number of alkyl halides is 2. The summed E-state index contributed by atoms with van der Waals surface area (Å²) in [6.45, 7) is -0.159. The van der Waals surface area contributed by atoms with E-state index in [2.05, 4.69) is 30.4 Å². The molecule has 1 aromatic carbocycles. The Kier molecular flexibility index (Phi) is 7.44. The van der Waals surface area contributed by atoms with Crippen LogP contribution >= 0.6 is 11.6 Å². The average Bonchev–Trinajstić information content (AvgIpc) is 3.21. The molecule has 0 spiro atoms. The molecule has 172 valence electrons. The molecule has 2 fully saturated rings. The molecule has 3 heterocycles. The molecule has 0 amide bonds. The molecule has 8 nitrogen and oxygen atoms in total. The lowest BCUT2D eigenvalue weighted by atomic mass is 9.96. The number of hydrogen-bond donors (Lipinski definition) is 3. The van der Waals surface area contributed by atoms with Crippen LogP contribution in [-0.4, -0.2) is 79.7 Å². The van der Waals surface area contributed by atoms with Gasteiger partial charge >= 0.3 is 6.61 Å². The molecule has 4 rings (SSSR count). The van der Waals surface area contributed by atoms with Crippen molar-refractivity contribution in [2.75, 3.05) is 32.8 Å². The van der Waals surface area contributed by atoms with E-state index >= 15 is 0 Å². The average molecular weight is 459 g/mol. The first-order chi connectivity index (χ1) is 15.0. The van der Waals surface area contributed by atoms with Gasteiger partial charge in [0.25, 0.3) is 0 Å². The van der Waals surface area contributed by atoms with Gasteiger partial charge in [-0.05, 0) is 37.0 Å². The maximum atomic E-state index is 12.5. The van der Waals surface area contributed by atoms with Crippen LogP contribution in [0.4, 0.5) is 8.78 Å². The van der Waals surface area contributed by atoms with Gasteiger partial charge in [0, 0.05) is 36.7 Å². The summed E-state index contributed by atoms with van der Waals surface area (Å²) in [6, 6.07) is 8.31. The van der Waals surface area contributed by atoms with Crippen LogP contribution in [0.5, 0.6) is 0 Å². The van der Waals surface area contributed by atoms with Gasteiger partial charge in [0.15, 0.2) is 6.29 Å². The number of hydrogen-bond acceptors (Lipinski definition) is 8. The maximum Gasteiger partial charge on any atom is 0.345 e. The molecule has 0 saturated carbocycles. The second kappa shape index (κ2) is 10.3. The lowest BCUT2D eigenvalue weighted by molar-refractivity contribution is -0.175. The van der Waals surface area contributed by atoms with Gasteiger partial charge in [-0.15, -0.1) is 5.10 Å². The Balaban J connectivity index is 1.40. The third-order valence-corrected chi connectivity index (χ3v) is 6.28. The zero-order valence-electron chi connectivity index (χ0n) is 17.2.